The van der Waals surface area contributed by atoms with Crippen molar-refractivity contribution in [1.29, 1.82) is 0 Å². The van der Waals surface area contributed by atoms with Crippen LogP contribution >= 0.6 is 0 Å². The zero-order valence-electron chi connectivity index (χ0n) is 29.0. The van der Waals surface area contributed by atoms with E-state index in [1.807, 2.05) is 0 Å². The third-order valence-corrected chi connectivity index (χ3v) is 8.74. The first-order valence-electron chi connectivity index (χ1n) is 19.2. The number of aliphatic carboxylic acids is 1. The van der Waals surface area contributed by atoms with Crippen LogP contribution in [0.3, 0.4) is 0 Å². The fourth-order valence-electron chi connectivity index (χ4n) is 5.89. The van der Waals surface area contributed by atoms with Gasteiger partial charge in [-0.3, -0.25) is 9.59 Å². The first-order chi connectivity index (χ1) is 21.1. The molecule has 0 aromatic rings. The summed E-state index contributed by atoms with van der Waals surface area (Å²) in [5.74, 6) is -0.757. The predicted octanol–water partition coefficient (Wildman–Crippen LogP) is 13.1. The second-order valence-corrected chi connectivity index (χ2v) is 13.1. The van der Waals surface area contributed by atoms with Crippen LogP contribution in [-0.2, 0) is 14.3 Å². The Labute approximate surface area is 268 Å². The second-order valence-electron chi connectivity index (χ2n) is 13.1. The van der Waals surface area contributed by atoms with Crippen molar-refractivity contribution < 1.29 is 19.4 Å². The second kappa shape index (κ2) is 35.2. The average Bonchev–Trinajstić information content (AvgIpc) is 2.99. The number of ether oxygens (including phenoxy) is 1. The van der Waals surface area contributed by atoms with Crippen molar-refractivity contribution in [3.63, 3.8) is 0 Å². The molecule has 0 saturated carbocycles. The van der Waals surface area contributed by atoms with Crippen LogP contribution in [0.15, 0.2) is 12.2 Å². The molecule has 0 saturated heterocycles. The summed E-state index contributed by atoms with van der Waals surface area (Å²) in [6.45, 7) is 4.52. The Morgan fingerprint density at radius 1 is 0.488 bits per heavy atom. The number of hydrogen-bond acceptors (Lipinski definition) is 3. The smallest absolute Gasteiger partial charge is 0.306 e. The Morgan fingerprint density at radius 3 is 1.28 bits per heavy atom. The molecule has 43 heavy (non-hydrogen) atoms. The van der Waals surface area contributed by atoms with Crippen LogP contribution < -0.4 is 0 Å². The summed E-state index contributed by atoms with van der Waals surface area (Å²) in [6, 6.07) is 0. The Morgan fingerprint density at radius 2 is 0.837 bits per heavy atom. The van der Waals surface area contributed by atoms with E-state index in [1.54, 1.807) is 0 Å². The Bertz CT molecular complexity index is 614. The summed E-state index contributed by atoms with van der Waals surface area (Å²) in [4.78, 5) is 23.2. The van der Waals surface area contributed by atoms with Gasteiger partial charge >= 0.3 is 11.9 Å². The summed E-state index contributed by atoms with van der Waals surface area (Å²) in [6.07, 6.45) is 42.4. The molecule has 0 bridgehead atoms. The molecule has 4 heteroatoms. The molecule has 0 aliphatic rings. The summed E-state index contributed by atoms with van der Waals surface area (Å²) in [5, 5.41) is 8.84. The molecular weight excluding hydrogens is 532 g/mol. The van der Waals surface area contributed by atoms with Gasteiger partial charge in [-0.2, -0.15) is 0 Å². The average molecular weight is 607 g/mol. The van der Waals surface area contributed by atoms with Crippen molar-refractivity contribution >= 4 is 11.9 Å². The molecule has 254 valence electrons. The molecule has 1 atom stereocenters. The lowest BCUT2D eigenvalue weighted by molar-refractivity contribution is -0.150. The first kappa shape index (κ1) is 41.7. The first-order valence-corrected chi connectivity index (χ1v) is 19.2. The van der Waals surface area contributed by atoms with Crippen molar-refractivity contribution in [2.75, 3.05) is 0 Å². The van der Waals surface area contributed by atoms with E-state index in [2.05, 4.69) is 26.0 Å². The summed E-state index contributed by atoms with van der Waals surface area (Å²) < 4.78 is 5.89. The van der Waals surface area contributed by atoms with E-state index in [1.165, 1.54) is 141 Å². The van der Waals surface area contributed by atoms with Crippen LogP contribution in [0, 0.1) is 0 Å². The molecule has 1 N–H and O–H groups in total. The number of carbonyl (C=O) groups excluding carboxylic acids is 1. The lowest BCUT2D eigenvalue weighted by Gasteiger charge is -2.18. The van der Waals surface area contributed by atoms with E-state index in [0.717, 1.165) is 44.9 Å². The van der Waals surface area contributed by atoms with Gasteiger partial charge in [0.05, 0.1) is 0 Å². The number of unbranched alkanes of at least 4 members (excludes halogenated alkanes) is 24. The van der Waals surface area contributed by atoms with E-state index < -0.39 is 5.97 Å². The maximum absolute atomic E-state index is 12.5. The van der Waals surface area contributed by atoms with Gasteiger partial charge in [0.15, 0.2) is 0 Å². The lowest BCUT2D eigenvalue weighted by Crippen LogP contribution is -2.18. The van der Waals surface area contributed by atoms with Crippen LogP contribution in [0.1, 0.15) is 219 Å². The molecule has 0 aliphatic heterocycles. The van der Waals surface area contributed by atoms with E-state index >= 15 is 0 Å². The fourth-order valence-corrected chi connectivity index (χ4v) is 5.89. The maximum atomic E-state index is 12.5. The molecule has 0 amide bonds. The van der Waals surface area contributed by atoms with Gasteiger partial charge < -0.3 is 9.84 Å². The zero-order chi connectivity index (χ0) is 31.5. The normalized spacial score (nSPS) is 12.2. The number of carbonyl (C=O) groups is 2. The quantitative estimate of drug-likeness (QED) is 0.0443. The van der Waals surface area contributed by atoms with Crippen LogP contribution in [0.2, 0.25) is 0 Å². The Balaban J connectivity index is 3.69. The van der Waals surface area contributed by atoms with Gasteiger partial charge in [0.2, 0.25) is 0 Å². The van der Waals surface area contributed by atoms with Gasteiger partial charge in [0.1, 0.15) is 6.10 Å². The highest BCUT2D eigenvalue weighted by Gasteiger charge is 2.14. The van der Waals surface area contributed by atoms with Crippen LogP contribution in [0.5, 0.6) is 0 Å². The molecule has 0 spiro atoms. The fraction of sp³-hybridized carbons (Fsp3) is 0.897. The Hall–Kier alpha value is -1.32. The van der Waals surface area contributed by atoms with Crippen molar-refractivity contribution in [2.24, 2.45) is 0 Å². The van der Waals surface area contributed by atoms with Crippen molar-refractivity contribution in [3.8, 4) is 0 Å². The van der Waals surface area contributed by atoms with Gasteiger partial charge in [-0.15, -0.1) is 0 Å². The number of carboxylic acids is 1. The van der Waals surface area contributed by atoms with Gasteiger partial charge in [0, 0.05) is 12.8 Å². The standard InChI is InChI=1S/C39H74O4/c1-3-5-7-9-11-12-13-14-15-16-17-18-19-20-21-22-23-24-25-27-32-36-39(42)43-37(33-29-26-10-8-6-4-2)34-30-28-31-35-38(40)41/h14-15,37H,3-13,16-36H2,1-2H3,(H,40,41)/b15-14-. The van der Waals surface area contributed by atoms with E-state index in [0.29, 0.717) is 12.8 Å². The monoisotopic (exact) mass is 607 g/mol. The van der Waals surface area contributed by atoms with Crippen molar-refractivity contribution in [3.05, 3.63) is 12.2 Å². The van der Waals surface area contributed by atoms with Crippen molar-refractivity contribution in [2.45, 2.75) is 225 Å². The molecule has 0 rings (SSSR count). The molecule has 0 heterocycles. The summed E-state index contributed by atoms with van der Waals surface area (Å²) in [7, 11) is 0. The van der Waals surface area contributed by atoms with Gasteiger partial charge in [-0.1, -0.05) is 154 Å². The number of carboxylic acid groups (broad SMARTS) is 1. The maximum Gasteiger partial charge on any atom is 0.306 e. The van der Waals surface area contributed by atoms with E-state index in [-0.39, 0.29) is 18.5 Å². The van der Waals surface area contributed by atoms with Crippen molar-refractivity contribution in [1.82, 2.24) is 0 Å². The minimum absolute atomic E-state index is 0.00914. The number of esters is 1. The van der Waals surface area contributed by atoms with E-state index in [9.17, 15) is 9.59 Å². The molecule has 0 aromatic heterocycles. The topological polar surface area (TPSA) is 63.6 Å². The predicted molar refractivity (Wildman–Crippen MR) is 186 cm³/mol. The molecule has 1 unspecified atom stereocenters. The summed E-state index contributed by atoms with van der Waals surface area (Å²) in [5.41, 5.74) is 0. The summed E-state index contributed by atoms with van der Waals surface area (Å²) >= 11 is 0. The largest absolute Gasteiger partial charge is 0.481 e. The number of hydrogen-bond donors (Lipinski definition) is 1. The molecule has 0 radical (unpaired) electrons. The zero-order valence-corrected chi connectivity index (χ0v) is 29.0. The minimum Gasteiger partial charge on any atom is -0.481 e. The highest BCUT2D eigenvalue weighted by molar-refractivity contribution is 5.69. The van der Waals surface area contributed by atoms with Crippen LogP contribution in [0.25, 0.3) is 0 Å². The Kier molecular flexibility index (Phi) is 34.1. The molecule has 4 nitrogen and oxygen atoms in total. The highest BCUT2D eigenvalue weighted by Crippen LogP contribution is 2.18. The number of rotatable bonds is 35. The molecule has 0 aromatic carbocycles. The van der Waals surface area contributed by atoms with Gasteiger partial charge in [-0.25, -0.2) is 0 Å². The molecular formula is C39H74O4. The SMILES string of the molecule is CCCCCCCC/C=C\CCCCCCCCCCCCCC(=O)OC(CCCCCCCC)CCCCCC(=O)O. The number of allylic oxidation sites excluding steroid dienone is 2. The van der Waals surface area contributed by atoms with Crippen LogP contribution in [-0.4, -0.2) is 23.1 Å². The van der Waals surface area contributed by atoms with Gasteiger partial charge in [-0.05, 0) is 64.2 Å². The van der Waals surface area contributed by atoms with Crippen LogP contribution in [0.4, 0.5) is 0 Å². The molecule has 0 aliphatic carbocycles. The molecule has 0 fully saturated rings. The van der Waals surface area contributed by atoms with E-state index in [4.69, 9.17) is 9.84 Å². The van der Waals surface area contributed by atoms with Gasteiger partial charge in [0.25, 0.3) is 0 Å². The lowest BCUT2D eigenvalue weighted by atomic mass is 10.0. The third-order valence-electron chi connectivity index (χ3n) is 8.74. The third kappa shape index (κ3) is 35.0. The minimum atomic E-state index is -0.724. The highest BCUT2D eigenvalue weighted by atomic mass is 16.5.